The molecule has 1 heterocycles. The molecule has 0 aliphatic heterocycles. The second-order valence-electron chi connectivity index (χ2n) is 3.12. The van der Waals surface area contributed by atoms with E-state index in [1.807, 2.05) is 0 Å². The molecule has 88 valence electrons. The Morgan fingerprint density at radius 3 is 2.29 bits per heavy atom. The molecule has 0 radical (unpaired) electrons. The van der Waals surface area contributed by atoms with Crippen molar-refractivity contribution in [3.05, 3.63) is 24.3 Å². The molecule has 1 aromatic carbocycles. The fraction of sp³-hybridized carbons (Fsp3) is 0.100. The minimum atomic E-state index is 0.00963. The maximum atomic E-state index is 5.42. The summed E-state index contributed by atoms with van der Waals surface area (Å²) in [6.07, 6.45) is 0. The van der Waals surface area contributed by atoms with E-state index in [1.165, 1.54) is 0 Å². The van der Waals surface area contributed by atoms with Crippen molar-refractivity contribution >= 4 is 11.9 Å². The molecule has 0 aliphatic rings. The number of ether oxygens (including phenoxy) is 2. The number of rotatable bonds is 3. The van der Waals surface area contributed by atoms with E-state index in [0.29, 0.717) is 11.5 Å². The van der Waals surface area contributed by atoms with Crippen LogP contribution in [0.2, 0.25) is 0 Å². The topological polar surface area (TPSA) is 109 Å². The summed E-state index contributed by atoms with van der Waals surface area (Å²) in [5.41, 5.74) is 10.8. The molecule has 0 fully saturated rings. The van der Waals surface area contributed by atoms with Crippen molar-refractivity contribution in [2.45, 2.75) is 0 Å². The number of nitrogen functional groups attached to an aromatic ring is 2. The largest absolute Gasteiger partial charge is 0.497 e. The fourth-order valence-corrected chi connectivity index (χ4v) is 1.20. The van der Waals surface area contributed by atoms with Crippen molar-refractivity contribution in [2.24, 2.45) is 0 Å². The Bertz CT molecular complexity index is 512. The van der Waals surface area contributed by atoms with Crippen molar-refractivity contribution in [3.63, 3.8) is 0 Å². The van der Waals surface area contributed by atoms with Crippen molar-refractivity contribution in [1.82, 2.24) is 15.0 Å². The van der Waals surface area contributed by atoms with Gasteiger partial charge >= 0.3 is 6.01 Å². The summed E-state index contributed by atoms with van der Waals surface area (Å²) in [5, 5.41) is 0. The summed E-state index contributed by atoms with van der Waals surface area (Å²) in [5.74, 6) is 1.21. The zero-order chi connectivity index (χ0) is 12.3. The van der Waals surface area contributed by atoms with Gasteiger partial charge < -0.3 is 20.9 Å². The van der Waals surface area contributed by atoms with E-state index >= 15 is 0 Å². The van der Waals surface area contributed by atoms with Gasteiger partial charge in [0.2, 0.25) is 11.9 Å². The van der Waals surface area contributed by atoms with Gasteiger partial charge in [0, 0.05) is 6.07 Å². The summed E-state index contributed by atoms with van der Waals surface area (Å²) in [7, 11) is 1.57. The maximum absolute atomic E-state index is 5.42. The van der Waals surface area contributed by atoms with Gasteiger partial charge in [-0.1, -0.05) is 6.07 Å². The first kappa shape index (κ1) is 10.9. The van der Waals surface area contributed by atoms with Gasteiger partial charge in [0.25, 0.3) is 0 Å². The van der Waals surface area contributed by atoms with Crippen molar-refractivity contribution < 1.29 is 9.47 Å². The number of anilines is 2. The molecule has 0 spiro atoms. The van der Waals surface area contributed by atoms with Gasteiger partial charge in [-0.15, -0.1) is 0 Å². The minimum absolute atomic E-state index is 0.00963. The average Bonchev–Trinajstić information content (AvgIpc) is 2.28. The number of methoxy groups -OCH3 is 1. The third kappa shape index (κ3) is 2.71. The van der Waals surface area contributed by atoms with E-state index in [0.717, 1.165) is 0 Å². The van der Waals surface area contributed by atoms with Crippen molar-refractivity contribution in [2.75, 3.05) is 18.6 Å². The Morgan fingerprint density at radius 2 is 1.65 bits per heavy atom. The smallest absolute Gasteiger partial charge is 0.328 e. The van der Waals surface area contributed by atoms with Gasteiger partial charge in [0.15, 0.2) is 0 Å². The zero-order valence-electron chi connectivity index (χ0n) is 9.12. The van der Waals surface area contributed by atoms with E-state index in [2.05, 4.69) is 15.0 Å². The van der Waals surface area contributed by atoms with Gasteiger partial charge in [0.05, 0.1) is 7.11 Å². The summed E-state index contributed by atoms with van der Waals surface area (Å²) < 4.78 is 10.4. The van der Waals surface area contributed by atoms with Crippen LogP contribution in [0.1, 0.15) is 0 Å². The van der Waals surface area contributed by atoms with Crippen LogP contribution in [0.4, 0.5) is 11.9 Å². The highest BCUT2D eigenvalue weighted by Crippen LogP contribution is 2.23. The number of hydrogen-bond acceptors (Lipinski definition) is 7. The highest BCUT2D eigenvalue weighted by Gasteiger charge is 2.05. The van der Waals surface area contributed by atoms with Crippen LogP contribution in [0.5, 0.6) is 17.5 Å². The number of hydrogen-bond donors (Lipinski definition) is 2. The van der Waals surface area contributed by atoms with Gasteiger partial charge in [-0.3, -0.25) is 0 Å². The first-order valence-electron chi connectivity index (χ1n) is 4.76. The van der Waals surface area contributed by atoms with Crippen LogP contribution in [0.3, 0.4) is 0 Å². The molecule has 2 aromatic rings. The standard InChI is InChI=1S/C10H11N5O2/c1-16-6-3-2-4-7(5-6)17-10-14-8(11)13-9(12)15-10/h2-5H,1H3,(H4,11,12,13,14,15). The first-order chi connectivity index (χ1) is 8.17. The Labute approximate surface area is 97.4 Å². The van der Waals surface area contributed by atoms with Gasteiger partial charge in [-0.2, -0.15) is 15.0 Å². The molecule has 0 bridgehead atoms. The lowest BCUT2D eigenvalue weighted by atomic mass is 10.3. The van der Waals surface area contributed by atoms with Crippen LogP contribution >= 0.6 is 0 Å². The van der Waals surface area contributed by atoms with Crippen LogP contribution in [0.15, 0.2) is 24.3 Å². The number of benzene rings is 1. The summed E-state index contributed by atoms with van der Waals surface area (Å²) in [6.45, 7) is 0. The molecule has 0 saturated carbocycles. The van der Waals surface area contributed by atoms with Crippen LogP contribution in [0.25, 0.3) is 0 Å². The zero-order valence-corrected chi connectivity index (χ0v) is 9.12. The number of nitrogens with zero attached hydrogens (tertiary/aromatic N) is 3. The predicted octanol–water partition coefficient (Wildman–Crippen LogP) is 0.837. The molecule has 0 unspecified atom stereocenters. The van der Waals surface area contributed by atoms with Crippen LogP contribution in [-0.4, -0.2) is 22.1 Å². The third-order valence-corrected chi connectivity index (χ3v) is 1.90. The maximum Gasteiger partial charge on any atom is 0.328 e. The highest BCUT2D eigenvalue weighted by atomic mass is 16.5. The van der Waals surface area contributed by atoms with E-state index in [9.17, 15) is 0 Å². The third-order valence-electron chi connectivity index (χ3n) is 1.90. The highest BCUT2D eigenvalue weighted by molar-refractivity contribution is 5.35. The number of nitrogens with two attached hydrogens (primary N) is 2. The summed E-state index contributed by atoms with van der Waals surface area (Å²) in [4.78, 5) is 11.2. The van der Waals surface area contributed by atoms with Crippen molar-refractivity contribution in [1.29, 1.82) is 0 Å². The first-order valence-corrected chi connectivity index (χ1v) is 4.76. The van der Waals surface area contributed by atoms with Crippen LogP contribution < -0.4 is 20.9 Å². The molecule has 0 aliphatic carbocycles. The molecule has 0 amide bonds. The van der Waals surface area contributed by atoms with E-state index in [4.69, 9.17) is 20.9 Å². The normalized spacial score (nSPS) is 9.94. The number of aromatic nitrogens is 3. The minimum Gasteiger partial charge on any atom is -0.497 e. The molecule has 17 heavy (non-hydrogen) atoms. The monoisotopic (exact) mass is 233 g/mol. The molecule has 7 heteroatoms. The van der Waals surface area contributed by atoms with E-state index in [1.54, 1.807) is 31.4 Å². The Kier molecular flexibility index (Phi) is 2.91. The molecular formula is C10H11N5O2. The molecule has 2 rings (SSSR count). The Balaban J connectivity index is 2.24. The van der Waals surface area contributed by atoms with Crippen molar-refractivity contribution in [3.8, 4) is 17.5 Å². The molecule has 4 N–H and O–H groups in total. The quantitative estimate of drug-likeness (QED) is 0.808. The average molecular weight is 233 g/mol. The van der Waals surface area contributed by atoms with E-state index in [-0.39, 0.29) is 17.9 Å². The van der Waals surface area contributed by atoms with Gasteiger partial charge in [-0.25, -0.2) is 0 Å². The molecular weight excluding hydrogens is 222 g/mol. The summed E-state index contributed by atoms with van der Waals surface area (Å²) >= 11 is 0. The second kappa shape index (κ2) is 4.52. The van der Waals surface area contributed by atoms with Crippen LogP contribution in [0, 0.1) is 0 Å². The molecule has 7 nitrogen and oxygen atoms in total. The van der Waals surface area contributed by atoms with Gasteiger partial charge in [0.1, 0.15) is 11.5 Å². The van der Waals surface area contributed by atoms with Gasteiger partial charge in [-0.05, 0) is 12.1 Å². The fourth-order valence-electron chi connectivity index (χ4n) is 1.20. The van der Waals surface area contributed by atoms with Crippen LogP contribution in [-0.2, 0) is 0 Å². The predicted molar refractivity (Wildman–Crippen MR) is 61.7 cm³/mol. The lowest BCUT2D eigenvalue weighted by molar-refractivity contribution is 0.404. The Morgan fingerprint density at radius 1 is 1.00 bits per heavy atom. The van der Waals surface area contributed by atoms with E-state index < -0.39 is 0 Å². The second-order valence-corrected chi connectivity index (χ2v) is 3.12. The lowest BCUT2D eigenvalue weighted by Gasteiger charge is -2.06. The lowest BCUT2D eigenvalue weighted by Crippen LogP contribution is -2.04. The Hall–Kier alpha value is -2.57. The molecule has 0 atom stereocenters. The molecule has 1 aromatic heterocycles. The SMILES string of the molecule is COc1cccc(Oc2nc(N)nc(N)n2)c1. The molecule has 0 saturated heterocycles. The summed E-state index contributed by atoms with van der Waals surface area (Å²) in [6, 6.07) is 7.04.